The fraction of sp³-hybridized carbons (Fsp3) is 0.600. The molecule has 5 nitrogen and oxygen atoms in total. The predicted octanol–water partition coefficient (Wildman–Crippen LogP) is -0.293. The second kappa shape index (κ2) is 3.15. The summed E-state index contributed by atoms with van der Waals surface area (Å²) in [6, 6.07) is 0.680. The van der Waals surface area contributed by atoms with Gasteiger partial charge in [-0.3, -0.25) is 9.69 Å². The Bertz CT molecular complexity index is 449. The molecule has 3 N–H and O–H groups in total. The number of fused-ring (bicyclic) bond motifs is 1. The topological polar surface area (TPSA) is 75.0 Å². The molecule has 5 heteroatoms. The van der Waals surface area contributed by atoms with Crippen LogP contribution in [0.4, 0.5) is 0 Å². The lowest BCUT2D eigenvalue weighted by Gasteiger charge is -2.11. The molecule has 3 rings (SSSR count). The van der Waals surface area contributed by atoms with E-state index in [1.165, 1.54) is 12.8 Å². The number of nitrogens with two attached hydrogens (primary N) is 1. The van der Waals surface area contributed by atoms with Gasteiger partial charge < -0.3 is 10.7 Å². The Morgan fingerprint density at radius 3 is 2.93 bits per heavy atom. The Hall–Kier alpha value is -1.20. The smallest absolute Gasteiger partial charge is 0.255 e. The molecule has 0 unspecified atom stereocenters. The van der Waals surface area contributed by atoms with Crippen molar-refractivity contribution in [3.8, 4) is 0 Å². The summed E-state index contributed by atoms with van der Waals surface area (Å²) in [5.74, 6) is 0.594. The van der Waals surface area contributed by atoms with Gasteiger partial charge in [0, 0.05) is 19.1 Å². The van der Waals surface area contributed by atoms with E-state index < -0.39 is 0 Å². The maximum absolute atomic E-state index is 11.7. The van der Waals surface area contributed by atoms with E-state index in [0.29, 0.717) is 18.4 Å². The van der Waals surface area contributed by atoms with Gasteiger partial charge in [0.1, 0.15) is 5.82 Å². The highest BCUT2D eigenvalue weighted by Gasteiger charge is 2.34. The first kappa shape index (κ1) is 9.06. The summed E-state index contributed by atoms with van der Waals surface area (Å²) in [6.45, 7) is 1.87. The van der Waals surface area contributed by atoms with E-state index in [4.69, 9.17) is 5.73 Å². The molecular formula is C10H14N4O. The number of aromatic amines is 1. The molecule has 2 heterocycles. The van der Waals surface area contributed by atoms with Crippen molar-refractivity contribution < 1.29 is 0 Å². The van der Waals surface area contributed by atoms with Crippen LogP contribution in [0.5, 0.6) is 0 Å². The number of aromatic nitrogens is 2. The minimum absolute atomic E-state index is 0.0106. The highest BCUT2D eigenvalue weighted by atomic mass is 16.1. The van der Waals surface area contributed by atoms with Crippen LogP contribution >= 0.6 is 0 Å². The highest BCUT2D eigenvalue weighted by Crippen LogP contribution is 2.32. The summed E-state index contributed by atoms with van der Waals surface area (Å²) >= 11 is 0. The molecule has 0 spiro atoms. The van der Waals surface area contributed by atoms with Gasteiger partial charge in [-0.05, 0) is 12.8 Å². The lowest BCUT2D eigenvalue weighted by Crippen LogP contribution is -2.21. The lowest BCUT2D eigenvalue weighted by molar-refractivity contribution is 0.271. The number of rotatable bonds is 2. The second-order valence-electron chi connectivity index (χ2n) is 4.28. The van der Waals surface area contributed by atoms with Gasteiger partial charge in [-0.15, -0.1) is 0 Å². The van der Waals surface area contributed by atoms with Crippen molar-refractivity contribution in [3.63, 3.8) is 0 Å². The monoisotopic (exact) mass is 206 g/mol. The predicted molar refractivity (Wildman–Crippen MR) is 55.0 cm³/mol. The highest BCUT2D eigenvalue weighted by molar-refractivity contribution is 5.23. The van der Waals surface area contributed by atoms with Crippen LogP contribution in [0.3, 0.4) is 0 Å². The molecule has 1 fully saturated rings. The molecule has 1 saturated carbocycles. The summed E-state index contributed by atoms with van der Waals surface area (Å²) in [4.78, 5) is 21.1. The van der Waals surface area contributed by atoms with Crippen molar-refractivity contribution in [1.29, 1.82) is 0 Å². The van der Waals surface area contributed by atoms with Gasteiger partial charge >= 0.3 is 0 Å². The van der Waals surface area contributed by atoms with Crippen molar-refractivity contribution >= 4 is 0 Å². The van der Waals surface area contributed by atoms with Gasteiger partial charge in [0.05, 0.1) is 17.8 Å². The molecule has 0 aromatic carbocycles. The minimum atomic E-state index is -0.0106. The number of hydrogen-bond acceptors (Lipinski definition) is 4. The number of H-pyrrole nitrogens is 1. The molecule has 0 saturated heterocycles. The summed E-state index contributed by atoms with van der Waals surface area (Å²) in [5, 5.41) is 0. The van der Waals surface area contributed by atoms with Gasteiger partial charge in [0.25, 0.3) is 5.56 Å². The van der Waals surface area contributed by atoms with Crippen LogP contribution in [-0.2, 0) is 19.6 Å². The zero-order chi connectivity index (χ0) is 10.4. The Labute approximate surface area is 87.3 Å². The third kappa shape index (κ3) is 1.48. The van der Waals surface area contributed by atoms with Crippen molar-refractivity contribution in [2.45, 2.75) is 38.5 Å². The van der Waals surface area contributed by atoms with Crippen LogP contribution < -0.4 is 11.3 Å². The average molecular weight is 206 g/mol. The Kier molecular flexibility index (Phi) is 1.90. The second-order valence-corrected chi connectivity index (χ2v) is 4.28. The zero-order valence-electron chi connectivity index (χ0n) is 8.49. The average Bonchev–Trinajstić information content (AvgIpc) is 2.98. The summed E-state index contributed by atoms with van der Waals surface area (Å²) in [7, 11) is 0. The van der Waals surface area contributed by atoms with Crippen molar-refractivity contribution in [2.75, 3.05) is 0 Å². The summed E-state index contributed by atoms with van der Waals surface area (Å²) in [6.07, 6.45) is 2.52. The molecule has 2 aliphatic rings. The third-order valence-corrected chi connectivity index (χ3v) is 3.12. The Morgan fingerprint density at radius 2 is 2.27 bits per heavy atom. The summed E-state index contributed by atoms with van der Waals surface area (Å²) < 4.78 is 0. The fourth-order valence-electron chi connectivity index (χ4n) is 2.14. The van der Waals surface area contributed by atoms with E-state index in [1.54, 1.807) is 0 Å². The molecule has 1 aliphatic heterocycles. The van der Waals surface area contributed by atoms with Crippen LogP contribution in [0, 0.1) is 0 Å². The minimum Gasteiger partial charge on any atom is -0.324 e. The standard InChI is InChI=1S/C10H14N4O/c11-3-9-12-8-5-14(6-1-2-6)4-7(8)10(15)13-9/h6H,1-5,11H2,(H,12,13,15). The first-order valence-corrected chi connectivity index (χ1v) is 5.33. The lowest BCUT2D eigenvalue weighted by atomic mass is 10.3. The number of hydrogen-bond donors (Lipinski definition) is 2. The number of nitrogens with zero attached hydrogens (tertiary/aromatic N) is 2. The van der Waals surface area contributed by atoms with E-state index in [-0.39, 0.29) is 5.56 Å². The third-order valence-electron chi connectivity index (χ3n) is 3.12. The zero-order valence-corrected chi connectivity index (χ0v) is 8.49. The Morgan fingerprint density at radius 1 is 1.47 bits per heavy atom. The first-order valence-electron chi connectivity index (χ1n) is 5.33. The van der Waals surface area contributed by atoms with E-state index in [1.807, 2.05) is 0 Å². The summed E-state index contributed by atoms with van der Waals surface area (Å²) in [5.41, 5.74) is 7.22. The van der Waals surface area contributed by atoms with Gasteiger partial charge in [-0.2, -0.15) is 0 Å². The van der Waals surface area contributed by atoms with E-state index in [9.17, 15) is 4.79 Å². The van der Waals surface area contributed by atoms with E-state index in [0.717, 1.165) is 24.3 Å². The van der Waals surface area contributed by atoms with Crippen LogP contribution in [0.1, 0.15) is 29.9 Å². The van der Waals surface area contributed by atoms with Crippen LogP contribution in [0.2, 0.25) is 0 Å². The molecule has 0 bridgehead atoms. The fourth-order valence-corrected chi connectivity index (χ4v) is 2.14. The van der Waals surface area contributed by atoms with Crippen LogP contribution in [-0.4, -0.2) is 20.9 Å². The van der Waals surface area contributed by atoms with Gasteiger partial charge in [-0.1, -0.05) is 0 Å². The molecule has 1 aliphatic carbocycles. The SMILES string of the molecule is NCc1nc2c(c(=O)[nH]1)CN(C1CC1)C2. The van der Waals surface area contributed by atoms with Gasteiger partial charge in [-0.25, -0.2) is 4.98 Å². The van der Waals surface area contributed by atoms with Crippen molar-refractivity contribution in [2.24, 2.45) is 5.73 Å². The van der Waals surface area contributed by atoms with Crippen LogP contribution in [0.25, 0.3) is 0 Å². The van der Waals surface area contributed by atoms with Crippen molar-refractivity contribution in [3.05, 3.63) is 27.4 Å². The molecule has 1 aromatic rings. The normalized spacial score (nSPS) is 20.6. The maximum Gasteiger partial charge on any atom is 0.255 e. The molecule has 0 amide bonds. The quantitative estimate of drug-likeness (QED) is 0.697. The molecule has 80 valence electrons. The molecule has 15 heavy (non-hydrogen) atoms. The van der Waals surface area contributed by atoms with Crippen molar-refractivity contribution in [1.82, 2.24) is 14.9 Å². The first-order chi connectivity index (χ1) is 7.28. The molecule has 1 aromatic heterocycles. The largest absolute Gasteiger partial charge is 0.324 e. The van der Waals surface area contributed by atoms with Gasteiger partial charge in [0.15, 0.2) is 0 Å². The Balaban J connectivity index is 1.97. The molecule has 0 radical (unpaired) electrons. The van der Waals surface area contributed by atoms with Crippen LogP contribution in [0.15, 0.2) is 4.79 Å². The van der Waals surface area contributed by atoms with E-state index in [2.05, 4.69) is 14.9 Å². The maximum atomic E-state index is 11.7. The molecular weight excluding hydrogens is 192 g/mol. The molecule has 0 atom stereocenters. The van der Waals surface area contributed by atoms with E-state index >= 15 is 0 Å². The number of nitrogens with one attached hydrogen (secondary N) is 1. The van der Waals surface area contributed by atoms with Gasteiger partial charge in [0.2, 0.25) is 0 Å².